The molecular weight excluding hydrogens is 214 g/mol. The first-order valence-electron chi connectivity index (χ1n) is 3.36. The van der Waals surface area contributed by atoms with E-state index in [2.05, 4.69) is 4.28 Å². The average Bonchev–Trinajstić information content (AvgIpc) is 2.03. The van der Waals surface area contributed by atoms with Gasteiger partial charge in [0.15, 0.2) is 0 Å². The first-order chi connectivity index (χ1) is 6.09. The highest BCUT2D eigenvalue weighted by molar-refractivity contribution is 7.74. The van der Waals surface area contributed by atoms with Crippen molar-refractivity contribution in [3.63, 3.8) is 0 Å². The Kier molecular flexibility index (Phi) is 3.68. The molecule has 0 amide bonds. The van der Waals surface area contributed by atoms with Gasteiger partial charge in [0.2, 0.25) is 0 Å². The summed E-state index contributed by atoms with van der Waals surface area (Å²) in [6.45, 7) is 0. The smallest absolute Gasteiger partial charge is 0.112 e. The molecule has 0 heterocycles. The summed E-state index contributed by atoms with van der Waals surface area (Å²) >= 11 is 3.12. The van der Waals surface area contributed by atoms with Gasteiger partial charge < -0.3 is 4.55 Å². The Labute approximate surface area is 83.5 Å². The summed E-state index contributed by atoms with van der Waals surface area (Å²) in [5.74, 6) is 0. The Balaban J connectivity index is 2.76. The fourth-order valence-corrected chi connectivity index (χ4v) is 1.26. The van der Waals surface area contributed by atoms with E-state index >= 15 is 0 Å². The molecule has 0 aliphatic carbocycles. The summed E-state index contributed by atoms with van der Waals surface area (Å²) in [7, 11) is 1.47. The summed E-state index contributed by atoms with van der Waals surface area (Å²) in [5, 5.41) is 1.62. The minimum absolute atomic E-state index is 0.518. The van der Waals surface area contributed by atoms with Crippen LogP contribution in [0.25, 0.3) is 0 Å². The Hall–Kier alpha value is -0.620. The van der Waals surface area contributed by atoms with Crippen molar-refractivity contribution >= 4 is 28.6 Å². The van der Waals surface area contributed by atoms with Gasteiger partial charge in [0.25, 0.3) is 0 Å². The Bertz CT molecular complexity index is 320. The van der Waals surface area contributed by atoms with Crippen LogP contribution in [0.15, 0.2) is 24.3 Å². The molecule has 0 aliphatic heterocycles. The first-order valence-corrected chi connectivity index (χ1v) is 4.74. The number of halogens is 1. The largest absolute Gasteiger partial charge is 0.748 e. The summed E-state index contributed by atoms with van der Waals surface area (Å²) in [4.78, 5) is 0. The lowest BCUT2D eigenvalue weighted by Gasteiger charge is -2.18. The van der Waals surface area contributed by atoms with Crippen LogP contribution in [-0.4, -0.2) is 15.8 Å². The fraction of sp³-hybridized carbons (Fsp3) is 0.143. The molecule has 6 heteroatoms. The van der Waals surface area contributed by atoms with Crippen LogP contribution in [-0.2, 0) is 15.6 Å². The van der Waals surface area contributed by atoms with E-state index in [-0.39, 0.29) is 0 Å². The maximum Gasteiger partial charge on any atom is 0.112 e. The maximum absolute atomic E-state index is 10.2. The minimum atomic E-state index is -2.57. The third kappa shape index (κ3) is 3.31. The first kappa shape index (κ1) is 10.5. The molecule has 0 aromatic heterocycles. The number of nitrogens with zero attached hydrogens (tertiary/aromatic N) is 1. The van der Waals surface area contributed by atoms with Crippen LogP contribution in [0.4, 0.5) is 5.69 Å². The molecule has 72 valence electrons. The molecule has 0 saturated carbocycles. The lowest BCUT2D eigenvalue weighted by molar-refractivity contribution is 0.289. The van der Waals surface area contributed by atoms with E-state index in [1.807, 2.05) is 0 Å². The van der Waals surface area contributed by atoms with Crippen LogP contribution in [0.1, 0.15) is 0 Å². The standard InChI is InChI=1S/C7H8ClNO3S/c1-9(12-13(10)11)7-4-2-3-6(8)5-7/h2-5H,1H3,(H,10,11)/p-1. The highest BCUT2D eigenvalue weighted by Crippen LogP contribution is 2.18. The van der Waals surface area contributed by atoms with E-state index < -0.39 is 11.4 Å². The molecule has 1 unspecified atom stereocenters. The Morgan fingerprint density at radius 2 is 2.31 bits per heavy atom. The summed E-state index contributed by atoms with van der Waals surface area (Å²) in [6.07, 6.45) is 0. The zero-order chi connectivity index (χ0) is 9.84. The van der Waals surface area contributed by atoms with Gasteiger partial charge in [-0.1, -0.05) is 17.7 Å². The molecule has 0 bridgehead atoms. The van der Waals surface area contributed by atoms with E-state index in [0.717, 1.165) is 5.06 Å². The van der Waals surface area contributed by atoms with Crippen LogP contribution in [0.2, 0.25) is 5.02 Å². The number of hydrogen-bond donors (Lipinski definition) is 0. The molecule has 0 spiro atoms. The van der Waals surface area contributed by atoms with Crippen LogP contribution >= 0.6 is 11.6 Å². The highest BCUT2D eigenvalue weighted by Gasteiger charge is 2.01. The Morgan fingerprint density at radius 1 is 1.62 bits per heavy atom. The molecule has 1 rings (SSSR count). The predicted octanol–water partition coefficient (Wildman–Crippen LogP) is 1.50. The summed E-state index contributed by atoms with van der Waals surface area (Å²) in [6, 6.07) is 6.66. The number of rotatable bonds is 3. The molecule has 0 aliphatic rings. The van der Waals surface area contributed by atoms with Gasteiger partial charge in [-0.25, -0.2) is 9.27 Å². The second-order valence-electron chi connectivity index (χ2n) is 2.26. The van der Waals surface area contributed by atoms with Crippen LogP contribution < -0.4 is 5.06 Å². The summed E-state index contributed by atoms with van der Waals surface area (Å²) in [5.41, 5.74) is 0.566. The number of hydrogen-bond acceptors (Lipinski definition) is 4. The molecule has 0 fully saturated rings. The normalized spacial score (nSPS) is 12.5. The van der Waals surface area contributed by atoms with Crippen molar-refractivity contribution in [2.24, 2.45) is 0 Å². The van der Waals surface area contributed by atoms with Gasteiger partial charge in [0.05, 0.1) is 5.69 Å². The molecule has 0 saturated heterocycles. The zero-order valence-electron chi connectivity index (χ0n) is 6.77. The van der Waals surface area contributed by atoms with Gasteiger partial charge >= 0.3 is 0 Å². The molecule has 1 aromatic rings. The van der Waals surface area contributed by atoms with Crippen molar-refractivity contribution in [2.45, 2.75) is 0 Å². The zero-order valence-corrected chi connectivity index (χ0v) is 8.34. The molecule has 1 atom stereocenters. The summed E-state index contributed by atoms with van der Waals surface area (Å²) < 4.78 is 24.7. The van der Waals surface area contributed by atoms with Crippen molar-refractivity contribution in [3.05, 3.63) is 29.3 Å². The maximum atomic E-state index is 10.2. The lowest BCUT2D eigenvalue weighted by Crippen LogP contribution is -2.18. The van der Waals surface area contributed by atoms with E-state index in [1.54, 1.807) is 24.3 Å². The molecule has 0 radical (unpaired) electrons. The Morgan fingerprint density at radius 3 is 2.85 bits per heavy atom. The number of anilines is 1. The highest BCUT2D eigenvalue weighted by atomic mass is 35.5. The van der Waals surface area contributed by atoms with Crippen LogP contribution in [0.3, 0.4) is 0 Å². The fourth-order valence-electron chi connectivity index (χ4n) is 0.806. The minimum Gasteiger partial charge on any atom is -0.748 e. The predicted molar refractivity (Wildman–Crippen MR) is 49.9 cm³/mol. The SMILES string of the molecule is CN(OS(=O)[O-])c1cccc(Cl)c1. The van der Waals surface area contributed by atoms with Gasteiger partial charge in [-0.05, 0) is 18.2 Å². The van der Waals surface area contributed by atoms with Crippen LogP contribution in [0.5, 0.6) is 0 Å². The van der Waals surface area contributed by atoms with E-state index in [9.17, 15) is 8.76 Å². The van der Waals surface area contributed by atoms with E-state index in [0.29, 0.717) is 10.7 Å². The van der Waals surface area contributed by atoms with Gasteiger partial charge in [-0.15, -0.1) is 0 Å². The second kappa shape index (κ2) is 4.57. The van der Waals surface area contributed by atoms with Crippen molar-refractivity contribution in [1.29, 1.82) is 0 Å². The van der Waals surface area contributed by atoms with Gasteiger partial charge in [-0.3, -0.25) is 0 Å². The molecular formula is C7H7ClNO3S-. The number of benzene rings is 1. The van der Waals surface area contributed by atoms with Gasteiger partial charge in [0, 0.05) is 12.1 Å². The molecule has 4 nitrogen and oxygen atoms in total. The third-order valence-electron chi connectivity index (χ3n) is 1.34. The van der Waals surface area contributed by atoms with E-state index in [4.69, 9.17) is 11.6 Å². The van der Waals surface area contributed by atoms with Crippen LogP contribution in [0, 0.1) is 0 Å². The third-order valence-corrected chi connectivity index (χ3v) is 1.92. The topological polar surface area (TPSA) is 52.6 Å². The molecule has 0 N–H and O–H groups in total. The quantitative estimate of drug-likeness (QED) is 0.572. The van der Waals surface area contributed by atoms with Gasteiger partial charge in [-0.2, -0.15) is 4.28 Å². The average molecular weight is 221 g/mol. The molecule has 1 aromatic carbocycles. The van der Waals surface area contributed by atoms with Gasteiger partial charge in [0.1, 0.15) is 11.4 Å². The van der Waals surface area contributed by atoms with Crippen molar-refractivity contribution in [3.8, 4) is 0 Å². The van der Waals surface area contributed by atoms with Crippen molar-refractivity contribution in [2.75, 3.05) is 12.1 Å². The van der Waals surface area contributed by atoms with Crippen molar-refractivity contribution in [1.82, 2.24) is 0 Å². The van der Waals surface area contributed by atoms with Crippen molar-refractivity contribution < 1.29 is 13.0 Å². The molecule has 13 heavy (non-hydrogen) atoms. The number of hydroxylamine groups is 1. The second-order valence-corrected chi connectivity index (χ2v) is 3.25. The van der Waals surface area contributed by atoms with E-state index in [1.165, 1.54) is 7.05 Å². The monoisotopic (exact) mass is 220 g/mol. The lowest BCUT2D eigenvalue weighted by atomic mass is 10.3.